The molecular weight excluding hydrogens is 322 g/mol. The van der Waals surface area contributed by atoms with Gasteiger partial charge in [0.25, 0.3) is 5.89 Å². The van der Waals surface area contributed by atoms with Crippen LogP contribution in [0.3, 0.4) is 0 Å². The topological polar surface area (TPSA) is 97.5 Å². The lowest BCUT2D eigenvalue weighted by molar-refractivity contribution is -0.122. The van der Waals surface area contributed by atoms with Gasteiger partial charge in [-0.3, -0.25) is 4.79 Å². The number of hydrogen-bond acceptors (Lipinski definition) is 6. The molecule has 25 heavy (non-hydrogen) atoms. The van der Waals surface area contributed by atoms with Gasteiger partial charge in [-0.25, -0.2) is 0 Å². The van der Waals surface area contributed by atoms with Gasteiger partial charge in [-0.05, 0) is 25.0 Å². The van der Waals surface area contributed by atoms with E-state index in [1.165, 1.54) is 0 Å². The SMILES string of the molecule is COc1ccccc1-c1nnc(CC(=O)N[C@@H]2CCCCC[C@H]2O)o1. The Balaban J connectivity index is 1.64. The lowest BCUT2D eigenvalue weighted by Crippen LogP contribution is -2.43. The number of methoxy groups -OCH3 is 1. The molecule has 2 atom stereocenters. The Morgan fingerprint density at radius 1 is 1.28 bits per heavy atom. The second-order valence-corrected chi connectivity index (χ2v) is 6.26. The van der Waals surface area contributed by atoms with E-state index in [1.54, 1.807) is 13.2 Å². The largest absolute Gasteiger partial charge is 0.496 e. The van der Waals surface area contributed by atoms with Gasteiger partial charge < -0.3 is 19.6 Å². The highest BCUT2D eigenvalue weighted by Gasteiger charge is 2.24. The first-order valence-corrected chi connectivity index (χ1v) is 8.60. The number of aromatic nitrogens is 2. The fourth-order valence-electron chi connectivity index (χ4n) is 3.11. The molecule has 1 aliphatic carbocycles. The molecule has 0 saturated heterocycles. The van der Waals surface area contributed by atoms with Crippen LogP contribution in [-0.2, 0) is 11.2 Å². The van der Waals surface area contributed by atoms with Crippen molar-refractivity contribution in [1.82, 2.24) is 15.5 Å². The molecule has 0 aliphatic heterocycles. The molecule has 1 heterocycles. The molecule has 7 nitrogen and oxygen atoms in total. The quantitative estimate of drug-likeness (QED) is 0.806. The van der Waals surface area contributed by atoms with E-state index in [9.17, 15) is 9.90 Å². The van der Waals surface area contributed by atoms with Crippen LogP contribution < -0.4 is 10.1 Å². The highest BCUT2D eigenvalue weighted by molar-refractivity contribution is 5.78. The van der Waals surface area contributed by atoms with Crippen molar-refractivity contribution in [2.75, 3.05) is 7.11 Å². The monoisotopic (exact) mass is 345 g/mol. The first-order chi connectivity index (χ1) is 12.2. The molecule has 0 bridgehead atoms. The van der Waals surface area contributed by atoms with Gasteiger partial charge >= 0.3 is 0 Å². The molecule has 0 radical (unpaired) electrons. The van der Waals surface area contributed by atoms with Crippen molar-refractivity contribution in [2.24, 2.45) is 0 Å². The number of para-hydroxylation sites is 1. The summed E-state index contributed by atoms with van der Waals surface area (Å²) in [7, 11) is 1.57. The molecule has 7 heteroatoms. The lowest BCUT2D eigenvalue weighted by atomic mass is 10.1. The second-order valence-electron chi connectivity index (χ2n) is 6.26. The van der Waals surface area contributed by atoms with E-state index >= 15 is 0 Å². The molecule has 1 fully saturated rings. The summed E-state index contributed by atoms with van der Waals surface area (Å²) in [6.45, 7) is 0. The number of nitrogens with one attached hydrogen (secondary N) is 1. The zero-order valence-corrected chi connectivity index (χ0v) is 14.3. The van der Waals surface area contributed by atoms with Crippen LogP contribution in [0, 0.1) is 0 Å². The summed E-state index contributed by atoms with van der Waals surface area (Å²) in [5.74, 6) is 0.959. The first kappa shape index (κ1) is 17.4. The minimum Gasteiger partial charge on any atom is -0.496 e. The van der Waals surface area contributed by atoms with Crippen LogP contribution in [0.25, 0.3) is 11.5 Å². The van der Waals surface area contributed by atoms with Crippen molar-refractivity contribution in [3.05, 3.63) is 30.2 Å². The normalized spacial score (nSPS) is 20.7. The number of benzene rings is 1. The molecule has 1 amide bonds. The Hall–Kier alpha value is -2.41. The molecular formula is C18H23N3O4. The van der Waals surface area contributed by atoms with Gasteiger partial charge in [-0.2, -0.15) is 0 Å². The maximum atomic E-state index is 12.2. The standard InChI is InChI=1S/C18H23N3O4/c1-24-15-10-6-5-7-12(15)18-21-20-17(25-18)11-16(23)19-13-8-3-2-4-9-14(13)22/h5-7,10,13-14,22H,2-4,8-9,11H2,1H3,(H,19,23)/t13-,14-/m1/s1. The fraction of sp³-hybridized carbons (Fsp3) is 0.500. The number of carbonyl (C=O) groups excluding carboxylic acids is 1. The van der Waals surface area contributed by atoms with Crippen LogP contribution in [0.2, 0.25) is 0 Å². The zero-order valence-electron chi connectivity index (χ0n) is 14.3. The summed E-state index contributed by atoms with van der Waals surface area (Å²) < 4.78 is 10.9. The Morgan fingerprint density at radius 2 is 2.08 bits per heavy atom. The minimum atomic E-state index is -0.488. The van der Waals surface area contributed by atoms with Crippen molar-refractivity contribution >= 4 is 5.91 Å². The van der Waals surface area contributed by atoms with Crippen LogP contribution in [0.4, 0.5) is 0 Å². The van der Waals surface area contributed by atoms with Gasteiger partial charge in [-0.15, -0.1) is 10.2 Å². The smallest absolute Gasteiger partial charge is 0.251 e. The van der Waals surface area contributed by atoms with Crippen molar-refractivity contribution in [2.45, 2.75) is 50.7 Å². The van der Waals surface area contributed by atoms with E-state index in [4.69, 9.17) is 9.15 Å². The molecule has 1 saturated carbocycles. The Morgan fingerprint density at radius 3 is 2.92 bits per heavy atom. The summed E-state index contributed by atoms with van der Waals surface area (Å²) in [5.41, 5.74) is 0.684. The van der Waals surface area contributed by atoms with Crippen molar-refractivity contribution in [1.29, 1.82) is 0 Å². The van der Waals surface area contributed by atoms with Gasteiger partial charge in [-0.1, -0.05) is 31.4 Å². The molecule has 1 aliphatic rings. The number of aliphatic hydroxyl groups excluding tert-OH is 1. The third kappa shape index (κ3) is 4.36. The van der Waals surface area contributed by atoms with Gasteiger partial charge in [0, 0.05) is 0 Å². The average molecular weight is 345 g/mol. The molecule has 1 aromatic heterocycles. The number of ether oxygens (including phenoxy) is 1. The van der Waals surface area contributed by atoms with Gasteiger partial charge in [0.2, 0.25) is 11.8 Å². The second kappa shape index (κ2) is 8.11. The van der Waals surface area contributed by atoms with E-state index in [0.717, 1.165) is 32.1 Å². The van der Waals surface area contributed by atoms with E-state index in [-0.39, 0.29) is 24.3 Å². The number of aliphatic hydroxyl groups is 1. The van der Waals surface area contributed by atoms with E-state index in [0.29, 0.717) is 17.2 Å². The van der Waals surface area contributed by atoms with Crippen LogP contribution >= 0.6 is 0 Å². The first-order valence-electron chi connectivity index (χ1n) is 8.60. The maximum absolute atomic E-state index is 12.2. The van der Waals surface area contributed by atoms with Gasteiger partial charge in [0.1, 0.15) is 12.2 Å². The third-order valence-corrected chi connectivity index (χ3v) is 4.44. The van der Waals surface area contributed by atoms with Gasteiger partial charge in [0.15, 0.2) is 0 Å². The Kier molecular flexibility index (Phi) is 5.65. The zero-order chi connectivity index (χ0) is 17.6. The van der Waals surface area contributed by atoms with Crippen LogP contribution in [0.5, 0.6) is 5.75 Å². The molecule has 2 N–H and O–H groups in total. The minimum absolute atomic E-state index is 0.00856. The van der Waals surface area contributed by atoms with Crippen LogP contribution in [0.15, 0.2) is 28.7 Å². The highest BCUT2D eigenvalue weighted by Crippen LogP contribution is 2.28. The Bertz CT molecular complexity index is 716. The fourth-order valence-corrected chi connectivity index (χ4v) is 3.11. The summed E-state index contributed by atoms with van der Waals surface area (Å²) in [5, 5.41) is 20.9. The van der Waals surface area contributed by atoms with Gasteiger partial charge in [0.05, 0.1) is 24.8 Å². The average Bonchev–Trinajstić information content (AvgIpc) is 2.98. The van der Waals surface area contributed by atoms with Crippen molar-refractivity contribution < 1.29 is 19.1 Å². The van der Waals surface area contributed by atoms with E-state index in [1.807, 2.05) is 18.2 Å². The summed E-state index contributed by atoms with van der Waals surface area (Å²) in [4.78, 5) is 12.2. The summed E-state index contributed by atoms with van der Waals surface area (Å²) in [6, 6.07) is 7.12. The molecule has 134 valence electrons. The van der Waals surface area contributed by atoms with E-state index in [2.05, 4.69) is 15.5 Å². The lowest BCUT2D eigenvalue weighted by Gasteiger charge is -2.21. The summed E-state index contributed by atoms with van der Waals surface area (Å²) >= 11 is 0. The predicted molar refractivity (Wildman–Crippen MR) is 91.0 cm³/mol. The molecule has 2 aromatic rings. The number of nitrogens with zero attached hydrogens (tertiary/aromatic N) is 2. The number of hydrogen-bond donors (Lipinski definition) is 2. The van der Waals surface area contributed by atoms with E-state index < -0.39 is 6.10 Å². The van der Waals surface area contributed by atoms with Crippen LogP contribution in [-0.4, -0.2) is 40.5 Å². The van der Waals surface area contributed by atoms with Crippen LogP contribution in [0.1, 0.15) is 38.0 Å². The Labute approximate surface area is 146 Å². The molecule has 1 aromatic carbocycles. The highest BCUT2D eigenvalue weighted by atomic mass is 16.5. The number of carbonyl (C=O) groups is 1. The van der Waals surface area contributed by atoms with Crippen molar-refractivity contribution in [3.8, 4) is 17.2 Å². The predicted octanol–water partition coefficient (Wildman–Crippen LogP) is 2.10. The van der Waals surface area contributed by atoms with Crippen molar-refractivity contribution in [3.63, 3.8) is 0 Å². The maximum Gasteiger partial charge on any atom is 0.251 e. The molecule has 3 rings (SSSR count). The number of rotatable bonds is 5. The molecule has 0 spiro atoms. The third-order valence-electron chi connectivity index (χ3n) is 4.44. The molecule has 0 unspecified atom stereocenters. The summed E-state index contributed by atoms with van der Waals surface area (Å²) in [6.07, 6.45) is 4.13. The number of amides is 1.